The summed E-state index contributed by atoms with van der Waals surface area (Å²) in [6.45, 7) is 19.1. The van der Waals surface area contributed by atoms with E-state index in [0.29, 0.717) is 50.8 Å². The van der Waals surface area contributed by atoms with Gasteiger partial charge in [0.05, 0.1) is 30.0 Å². The normalized spacial score (nSPS) is 15.6. The number of hydrogen-bond acceptors (Lipinski definition) is 7. The van der Waals surface area contributed by atoms with Crippen molar-refractivity contribution in [3.63, 3.8) is 0 Å². The Morgan fingerprint density at radius 2 is 1.61 bits per heavy atom. The van der Waals surface area contributed by atoms with Gasteiger partial charge in [0, 0.05) is 29.8 Å². The van der Waals surface area contributed by atoms with Crippen LogP contribution in [0.2, 0.25) is 0 Å². The fraction of sp³-hybridized carbons (Fsp3) is 0.457. The van der Waals surface area contributed by atoms with Crippen molar-refractivity contribution < 1.29 is 19.4 Å². The van der Waals surface area contributed by atoms with E-state index in [0.717, 1.165) is 16.7 Å². The van der Waals surface area contributed by atoms with Gasteiger partial charge >= 0.3 is 0 Å². The number of aromatic hydroxyl groups is 1. The number of amides is 1. The summed E-state index contributed by atoms with van der Waals surface area (Å²) < 4.78 is 13.4. The Bertz CT molecular complexity index is 1760. The van der Waals surface area contributed by atoms with Crippen LogP contribution in [0.4, 0.5) is 0 Å². The lowest BCUT2D eigenvalue weighted by molar-refractivity contribution is -0.127. The molecule has 4 rings (SSSR count). The van der Waals surface area contributed by atoms with Gasteiger partial charge < -0.3 is 19.5 Å². The summed E-state index contributed by atoms with van der Waals surface area (Å²) in [7, 11) is 3.15. The summed E-state index contributed by atoms with van der Waals surface area (Å²) in [6, 6.07) is 8.52. The Balaban J connectivity index is 2.06. The van der Waals surface area contributed by atoms with Crippen molar-refractivity contribution in [2.45, 2.75) is 79.2 Å². The molecular weight excluding hydrogens is 574 g/mol. The van der Waals surface area contributed by atoms with Gasteiger partial charge in [-0.2, -0.15) is 0 Å². The van der Waals surface area contributed by atoms with Crippen LogP contribution in [0, 0.1) is 0 Å². The van der Waals surface area contributed by atoms with E-state index < -0.39 is 6.04 Å². The average molecular weight is 620 g/mol. The third kappa shape index (κ3) is 6.07. The summed E-state index contributed by atoms with van der Waals surface area (Å²) >= 11 is 1.28. The van der Waals surface area contributed by atoms with Gasteiger partial charge in [0.25, 0.3) is 11.5 Å². The summed E-state index contributed by atoms with van der Waals surface area (Å²) in [5.41, 5.74) is 3.16. The van der Waals surface area contributed by atoms with Gasteiger partial charge in [0.1, 0.15) is 23.3 Å². The molecule has 9 heteroatoms. The molecule has 1 aliphatic rings. The van der Waals surface area contributed by atoms with Crippen molar-refractivity contribution in [1.82, 2.24) is 9.47 Å². The Kier molecular flexibility index (Phi) is 9.22. The van der Waals surface area contributed by atoms with Crippen LogP contribution < -0.4 is 24.4 Å². The van der Waals surface area contributed by atoms with Gasteiger partial charge in [0.15, 0.2) is 4.80 Å². The molecule has 0 saturated heterocycles. The van der Waals surface area contributed by atoms with Crippen LogP contribution in [0.3, 0.4) is 0 Å². The second kappa shape index (κ2) is 12.3. The molecule has 2 heterocycles. The maximum absolute atomic E-state index is 14.4. The molecule has 0 fully saturated rings. The Labute approximate surface area is 264 Å². The molecule has 0 bridgehead atoms. The van der Waals surface area contributed by atoms with E-state index in [2.05, 4.69) is 41.5 Å². The van der Waals surface area contributed by atoms with Crippen LogP contribution >= 0.6 is 11.3 Å². The second-order valence-corrected chi connectivity index (χ2v) is 14.1. The van der Waals surface area contributed by atoms with Crippen molar-refractivity contribution >= 4 is 23.3 Å². The molecule has 2 aromatic carbocycles. The van der Waals surface area contributed by atoms with Gasteiger partial charge in [-0.1, -0.05) is 52.9 Å². The SMILES string of the molecule is CCN(CC)C(=O)C1=C(C)N=c2s/c(=C/c3cc(C(C)(C)C)c(O)c(C(C)(C)C)c3)c(=O)n2[C@@H]1c1cc(OC)ccc1OC. The number of ether oxygens (including phenoxy) is 2. The Morgan fingerprint density at radius 1 is 1.02 bits per heavy atom. The lowest BCUT2D eigenvalue weighted by Crippen LogP contribution is -2.43. The smallest absolute Gasteiger partial charge is 0.271 e. The van der Waals surface area contributed by atoms with E-state index in [1.165, 1.54) is 11.3 Å². The number of phenolic OH excluding ortho intramolecular Hbond substituents is 1. The number of phenols is 1. The highest BCUT2D eigenvalue weighted by Gasteiger charge is 2.36. The molecule has 236 valence electrons. The monoisotopic (exact) mass is 619 g/mol. The molecule has 44 heavy (non-hydrogen) atoms. The first-order chi connectivity index (χ1) is 20.6. The number of hydrogen-bond donors (Lipinski definition) is 1. The van der Waals surface area contributed by atoms with Crippen LogP contribution in [0.15, 0.2) is 51.4 Å². The van der Waals surface area contributed by atoms with E-state index in [1.54, 1.807) is 35.8 Å². The van der Waals surface area contributed by atoms with Crippen molar-refractivity contribution in [3.8, 4) is 17.2 Å². The predicted molar refractivity (Wildman–Crippen MR) is 177 cm³/mol. The molecule has 0 saturated carbocycles. The fourth-order valence-corrected chi connectivity index (χ4v) is 6.71. The van der Waals surface area contributed by atoms with Crippen molar-refractivity contribution in [3.05, 3.63) is 83.5 Å². The zero-order valence-electron chi connectivity index (χ0n) is 27.8. The minimum Gasteiger partial charge on any atom is -0.507 e. The van der Waals surface area contributed by atoms with E-state index in [1.807, 2.05) is 45.0 Å². The number of aromatic nitrogens is 1. The van der Waals surface area contributed by atoms with Gasteiger partial charge in [-0.3, -0.25) is 14.2 Å². The molecule has 0 unspecified atom stereocenters. The molecule has 3 aromatic rings. The highest BCUT2D eigenvalue weighted by molar-refractivity contribution is 7.07. The van der Waals surface area contributed by atoms with Gasteiger partial charge in [-0.25, -0.2) is 4.99 Å². The first-order valence-corrected chi connectivity index (χ1v) is 15.8. The molecule has 1 N–H and O–H groups in total. The summed E-state index contributed by atoms with van der Waals surface area (Å²) in [5, 5.41) is 11.2. The minimum absolute atomic E-state index is 0.177. The van der Waals surface area contributed by atoms with E-state index in [4.69, 9.17) is 14.5 Å². The number of likely N-dealkylation sites (N-methyl/N-ethyl adjacent to an activating group) is 1. The fourth-order valence-electron chi connectivity index (χ4n) is 5.66. The maximum atomic E-state index is 14.4. The number of rotatable bonds is 7. The third-order valence-corrected chi connectivity index (χ3v) is 9.06. The molecule has 0 spiro atoms. The quantitative estimate of drug-likeness (QED) is 0.381. The average Bonchev–Trinajstić information content (AvgIpc) is 3.25. The number of allylic oxidation sites excluding steroid dienone is 1. The summed E-state index contributed by atoms with van der Waals surface area (Å²) in [6.07, 6.45) is 1.86. The van der Waals surface area contributed by atoms with Crippen molar-refractivity contribution in [2.75, 3.05) is 27.3 Å². The molecule has 1 amide bonds. The number of carbonyl (C=O) groups is 1. The largest absolute Gasteiger partial charge is 0.507 e. The minimum atomic E-state index is -0.776. The molecule has 0 aliphatic carbocycles. The first-order valence-electron chi connectivity index (χ1n) is 15.0. The Morgan fingerprint density at radius 3 is 2.11 bits per heavy atom. The number of benzene rings is 2. The molecule has 1 atom stereocenters. The van der Waals surface area contributed by atoms with E-state index in [9.17, 15) is 14.7 Å². The van der Waals surface area contributed by atoms with Crippen LogP contribution in [0.5, 0.6) is 17.2 Å². The maximum Gasteiger partial charge on any atom is 0.271 e. The molecule has 0 radical (unpaired) electrons. The first kappa shape index (κ1) is 33.1. The summed E-state index contributed by atoms with van der Waals surface area (Å²) in [5.74, 6) is 1.22. The number of carbonyl (C=O) groups excluding carboxylic acids is 1. The molecule has 8 nitrogen and oxygen atoms in total. The van der Waals surface area contributed by atoms with E-state index in [-0.39, 0.29) is 28.0 Å². The molecule has 1 aliphatic heterocycles. The van der Waals surface area contributed by atoms with Crippen molar-refractivity contribution in [1.29, 1.82) is 0 Å². The van der Waals surface area contributed by atoms with Crippen molar-refractivity contribution in [2.24, 2.45) is 4.99 Å². The number of methoxy groups -OCH3 is 2. The molecule has 1 aromatic heterocycles. The molecular formula is C35H45N3O5S. The van der Waals surface area contributed by atoms with Crippen LogP contribution in [0.25, 0.3) is 6.08 Å². The lowest BCUT2D eigenvalue weighted by Gasteiger charge is -2.30. The highest BCUT2D eigenvalue weighted by Crippen LogP contribution is 2.40. The second-order valence-electron chi connectivity index (χ2n) is 13.1. The Hall–Kier alpha value is -3.85. The van der Waals surface area contributed by atoms with Crippen LogP contribution in [0.1, 0.15) is 90.6 Å². The number of nitrogens with zero attached hydrogens (tertiary/aromatic N) is 3. The van der Waals surface area contributed by atoms with Gasteiger partial charge in [0.2, 0.25) is 0 Å². The number of thiazole rings is 1. The van der Waals surface area contributed by atoms with Crippen LogP contribution in [-0.4, -0.2) is 47.8 Å². The predicted octanol–water partition coefficient (Wildman–Crippen LogP) is 5.42. The standard InChI is InChI=1S/C35H45N3O5S/c1-12-37(13-2)32(41)28-20(3)36-33-38(29(28)23-19-22(42-10)14-15-26(23)43-11)31(40)27(44-33)18-21-16-24(34(4,5)6)30(39)25(17-21)35(7,8)9/h14-19,29,39H,12-13H2,1-11H3/b27-18+/t29-/m1/s1. The van der Waals surface area contributed by atoms with E-state index >= 15 is 0 Å². The third-order valence-electron chi connectivity index (χ3n) is 8.08. The lowest BCUT2D eigenvalue weighted by atomic mass is 9.78. The summed E-state index contributed by atoms with van der Waals surface area (Å²) in [4.78, 5) is 35.4. The highest BCUT2D eigenvalue weighted by atomic mass is 32.1. The number of fused-ring (bicyclic) bond motifs is 1. The zero-order valence-corrected chi connectivity index (χ0v) is 28.6. The van der Waals surface area contributed by atoms with Gasteiger partial charge in [-0.05, 0) is 73.6 Å². The van der Waals surface area contributed by atoms with Gasteiger partial charge in [-0.15, -0.1) is 0 Å². The zero-order chi connectivity index (χ0) is 32.7. The van der Waals surface area contributed by atoms with Crippen LogP contribution in [-0.2, 0) is 15.6 Å². The topological polar surface area (TPSA) is 93.4 Å².